The lowest BCUT2D eigenvalue weighted by molar-refractivity contribution is 0.0697. The first-order chi connectivity index (χ1) is 9.11. The van der Waals surface area contributed by atoms with E-state index in [0.717, 1.165) is 5.69 Å². The fourth-order valence-corrected chi connectivity index (χ4v) is 1.74. The van der Waals surface area contributed by atoms with Crippen LogP contribution in [0.25, 0.3) is 11.6 Å². The van der Waals surface area contributed by atoms with Crippen LogP contribution in [0, 0.1) is 11.3 Å². The molecule has 94 valence electrons. The van der Waals surface area contributed by atoms with Crippen molar-refractivity contribution in [2.24, 2.45) is 7.05 Å². The number of carboxylic acids is 1. The molecule has 0 atom stereocenters. The maximum Gasteiger partial charge on any atom is 0.335 e. The molecule has 1 aromatic heterocycles. The standard InChI is InChI=1S/C15H12N2O2/c1-17-8-2-3-14(17)9-13(10-16)11-4-6-12(7-5-11)15(18)19/h2-9H,1H3,(H,18,19)/b13-9-. The number of aromatic nitrogens is 1. The molecule has 19 heavy (non-hydrogen) atoms. The molecule has 2 aromatic rings. The topological polar surface area (TPSA) is 66.0 Å². The van der Waals surface area contributed by atoms with Crippen LogP contribution >= 0.6 is 0 Å². The Morgan fingerprint density at radius 1 is 1.26 bits per heavy atom. The summed E-state index contributed by atoms with van der Waals surface area (Å²) in [5, 5.41) is 18.0. The number of rotatable bonds is 3. The van der Waals surface area contributed by atoms with E-state index < -0.39 is 5.97 Å². The minimum absolute atomic E-state index is 0.208. The Balaban J connectivity index is 2.38. The van der Waals surface area contributed by atoms with E-state index in [-0.39, 0.29) is 5.56 Å². The second-order valence-corrected chi connectivity index (χ2v) is 4.10. The van der Waals surface area contributed by atoms with Gasteiger partial charge in [0.15, 0.2) is 0 Å². The predicted molar refractivity (Wildman–Crippen MR) is 72.3 cm³/mol. The number of aromatic carboxylic acids is 1. The highest BCUT2D eigenvalue weighted by Gasteiger charge is 2.05. The molecule has 0 saturated heterocycles. The number of nitriles is 1. The molecular formula is C15H12N2O2. The Labute approximate surface area is 110 Å². The lowest BCUT2D eigenvalue weighted by Crippen LogP contribution is -1.96. The lowest BCUT2D eigenvalue weighted by atomic mass is 10.0. The van der Waals surface area contributed by atoms with Gasteiger partial charge in [0.2, 0.25) is 0 Å². The van der Waals surface area contributed by atoms with Crippen molar-refractivity contribution in [3.8, 4) is 6.07 Å². The number of carbonyl (C=O) groups is 1. The van der Waals surface area contributed by atoms with Gasteiger partial charge in [0.1, 0.15) is 0 Å². The summed E-state index contributed by atoms with van der Waals surface area (Å²) >= 11 is 0. The number of benzene rings is 1. The van der Waals surface area contributed by atoms with Gasteiger partial charge < -0.3 is 9.67 Å². The van der Waals surface area contributed by atoms with Gasteiger partial charge in [-0.3, -0.25) is 0 Å². The average molecular weight is 252 g/mol. The van der Waals surface area contributed by atoms with Crippen LogP contribution < -0.4 is 0 Å². The molecule has 0 aliphatic rings. The van der Waals surface area contributed by atoms with E-state index in [1.807, 2.05) is 29.9 Å². The quantitative estimate of drug-likeness (QED) is 0.854. The summed E-state index contributed by atoms with van der Waals surface area (Å²) in [6, 6.07) is 12.2. The Bertz CT molecular complexity index is 673. The van der Waals surface area contributed by atoms with Gasteiger partial charge in [0.25, 0.3) is 0 Å². The van der Waals surface area contributed by atoms with E-state index in [4.69, 9.17) is 5.11 Å². The third-order valence-electron chi connectivity index (χ3n) is 2.84. The van der Waals surface area contributed by atoms with E-state index in [2.05, 4.69) is 6.07 Å². The van der Waals surface area contributed by atoms with Crippen molar-refractivity contribution in [1.29, 1.82) is 5.26 Å². The molecule has 0 radical (unpaired) electrons. The third-order valence-corrected chi connectivity index (χ3v) is 2.84. The van der Waals surface area contributed by atoms with Crippen molar-refractivity contribution in [3.63, 3.8) is 0 Å². The third kappa shape index (κ3) is 2.72. The van der Waals surface area contributed by atoms with Gasteiger partial charge in [0, 0.05) is 18.9 Å². The molecule has 4 heteroatoms. The molecule has 0 aliphatic heterocycles. The first kappa shape index (κ1) is 12.7. The van der Waals surface area contributed by atoms with Crippen molar-refractivity contribution in [2.45, 2.75) is 0 Å². The summed E-state index contributed by atoms with van der Waals surface area (Å²) < 4.78 is 1.91. The highest BCUT2D eigenvalue weighted by atomic mass is 16.4. The summed E-state index contributed by atoms with van der Waals surface area (Å²) in [4.78, 5) is 10.8. The van der Waals surface area contributed by atoms with E-state index in [1.165, 1.54) is 12.1 Å². The van der Waals surface area contributed by atoms with Gasteiger partial charge in [-0.05, 0) is 35.9 Å². The van der Waals surface area contributed by atoms with Crippen molar-refractivity contribution in [1.82, 2.24) is 4.57 Å². The Hall–Kier alpha value is -2.80. The Morgan fingerprint density at radius 3 is 2.37 bits per heavy atom. The second kappa shape index (κ2) is 5.23. The number of hydrogen-bond donors (Lipinski definition) is 1. The smallest absolute Gasteiger partial charge is 0.335 e. The molecule has 0 fully saturated rings. The number of aryl methyl sites for hydroxylation is 1. The molecule has 0 spiro atoms. The van der Waals surface area contributed by atoms with E-state index in [0.29, 0.717) is 11.1 Å². The van der Waals surface area contributed by atoms with Crippen molar-refractivity contribution in [3.05, 3.63) is 59.4 Å². The highest BCUT2D eigenvalue weighted by molar-refractivity contribution is 5.91. The lowest BCUT2D eigenvalue weighted by Gasteiger charge is -2.02. The highest BCUT2D eigenvalue weighted by Crippen LogP contribution is 2.18. The zero-order chi connectivity index (χ0) is 13.8. The number of hydrogen-bond acceptors (Lipinski definition) is 2. The summed E-state index contributed by atoms with van der Waals surface area (Å²) in [7, 11) is 1.90. The minimum atomic E-state index is -0.975. The summed E-state index contributed by atoms with van der Waals surface area (Å²) in [5.74, 6) is -0.975. The zero-order valence-corrected chi connectivity index (χ0v) is 10.4. The molecule has 1 aromatic carbocycles. The Kier molecular flexibility index (Phi) is 3.48. The fourth-order valence-electron chi connectivity index (χ4n) is 1.74. The van der Waals surface area contributed by atoms with Crippen LogP contribution in [0.4, 0.5) is 0 Å². The Morgan fingerprint density at radius 2 is 1.89 bits per heavy atom. The van der Waals surface area contributed by atoms with Crippen LogP contribution in [-0.2, 0) is 7.05 Å². The van der Waals surface area contributed by atoms with Crippen LogP contribution in [0.5, 0.6) is 0 Å². The first-order valence-corrected chi connectivity index (χ1v) is 5.68. The van der Waals surface area contributed by atoms with Crippen LogP contribution in [0.3, 0.4) is 0 Å². The normalized spacial score (nSPS) is 11.1. The van der Waals surface area contributed by atoms with E-state index >= 15 is 0 Å². The van der Waals surface area contributed by atoms with E-state index in [1.54, 1.807) is 18.2 Å². The van der Waals surface area contributed by atoms with Crippen LogP contribution in [0.15, 0.2) is 42.6 Å². The van der Waals surface area contributed by atoms with Gasteiger partial charge in [-0.15, -0.1) is 0 Å². The molecule has 0 amide bonds. The molecular weight excluding hydrogens is 240 g/mol. The molecule has 1 heterocycles. The second-order valence-electron chi connectivity index (χ2n) is 4.10. The molecule has 4 nitrogen and oxygen atoms in total. The molecule has 0 bridgehead atoms. The zero-order valence-electron chi connectivity index (χ0n) is 10.4. The van der Waals surface area contributed by atoms with Crippen LogP contribution in [0.2, 0.25) is 0 Å². The van der Waals surface area contributed by atoms with Crippen LogP contribution in [0.1, 0.15) is 21.6 Å². The average Bonchev–Trinajstić information content (AvgIpc) is 2.81. The predicted octanol–water partition coefficient (Wildman–Crippen LogP) is 2.79. The molecule has 0 unspecified atom stereocenters. The summed E-state index contributed by atoms with van der Waals surface area (Å²) in [5.41, 5.74) is 2.33. The van der Waals surface area contributed by atoms with Crippen molar-refractivity contribution >= 4 is 17.6 Å². The summed E-state index contributed by atoms with van der Waals surface area (Å²) in [6.45, 7) is 0. The monoisotopic (exact) mass is 252 g/mol. The molecule has 1 N–H and O–H groups in total. The van der Waals surface area contributed by atoms with Gasteiger partial charge in [-0.1, -0.05) is 12.1 Å². The number of allylic oxidation sites excluding steroid dienone is 1. The van der Waals surface area contributed by atoms with Crippen LogP contribution in [-0.4, -0.2) is 15.6 Å². The fraction of sp³-hybridized carbons (Fsp3) is 0.0667. The maximum absolute atomic E-state index is 10.8. The van der Waals surface area contributed by atoms with Crippen molar-refractivity contribution in [2.75, 3.05) is 0 Å². The SMILES string of the molecule is Cn1cccc1/C=C(/C#N)c1ccc(C(=O)O)cc1. The van der Waals surface area contributed by atoms with E-state index in [9.17, 15) is 10.1 Å². The largest absolute Gasteiger partial charge is 0.478 e. The van der Waals surface area contributed by atoms with Gasteiger partial charge in [-0.2, -0.15) is 5.26 Å². The first-order valence-electron chi connectivity index (χ1n) is 5.68. The number of carboxylic acid groups (broad SMARTS) is 1. The minimum Gasteiger partial charge on any atom is -0.478 e. The van der Waals surface area contributed by atoms with Gasteiger partial charge >= 0.3 is 5.97 Å². The van der Waals surface area contributed by atoms with Gasteiger partial charge in [0.05, 0.1) is 17.2 Å². The molecule has 0 aliphatic carbocycles. The van der Waals surface area contributed by atoms with Gasteiger partial charge in [-0.25, -0.2) is 4.79 Å². The molecule has 2 rings (SSSR count). The summed E-state index contributed by atoms with van der Waals surface area (Å²) in [6.07, 6.45) is 3.67. The number of nitrogens with zero attached hydrogens (tertiary/aromatic N) is 2. The van der Waals surface area contributed by atoms with Crippen molar-refractivity contribution < 1.29 is 9.90 Å². The molecule has 0 saturated carbocycles. The maximum atomic E-state index is 10.8.